The van der Waals surface area contributed by atoms with Crippen molar-refractivity contribution in [3.63, 3.8) is 0 Å². The fourth-order valence-corrected chi connectivity index (χ4v) is 3.42. The van der Waals surface area contributed by atoms with Crippen molar-refractivity contribution < 1.29 is 5.11 Å². The summed E-state index contributed by atoms with van der Waals surface area (Å²) in [5.41, 5.74) is 8.02. The average Bonchev–Trinajstić information content (AvgIpc) is 3.08. The van der Waals surface area contributed by atoms with Crippen LogP contribution in [-0.4, -0.2) is 20.5 Å². The molecule has 3 aromatic carbocycles. The van der Waals surface area contributed by atoms with Crippen LogP contribution in [0.25, 0.3) is 22.2 Å². The van der Waals surface area contributed by atoms with E-state index in [4.69, 9.17) is 0 Å². The van der Waals surface area contributed by atoms with Gasteiger partial charge in [-0.05, 0) is 42.2 Å². The van der Waals surface area contributed by atoms with Crippen molar-refractivity contribution in [1.29, 1.82) is 0 Å². The number of fused-ring (bicyclic) bond motifs is 1. The van der Waals surface area contributed by atoms with Gasteiger partial charge in [0.15, 0.2) is 0 Å². The number of hydrogen-bond acceptors (Lipinski definition) is 3. The fourth-order valence-electron chi connectivity index (χ4n) is 3.42. The van der Waals surface area contributed by atoms with Gasteiger partial charge in [-0.2, -0.15) is 0 Å². The largest absolute Gasteiger partial charge is 0.507 e. The zero-order valence-electron chi connectivity index (χ0n) is 14.2. The summed E-state index contributed by atoms with van der Waals surface area (Å²) in [4.78, 5) is 0. The molecule has 0 saturated carbocycles. The quantitative estimate of drug-likeness (QED) is 0.580. The number of nitrogens with one attached hydrogen (secondary N) is 1. The van der Waals surface area contributed by atoms with Gasteiger partial charge in [-0.25, -0.2) is 0 Å². The van der Waals surface area contributed by atoms with Gasteiger partial charge in [-0.3, -0.25) is 5.10 Å². The first-order valence-corrected chi connectivity index (χ1v) is 8.30. The molecule has 0 fully saturated rings. The Bertz CT molecular complexity index is 1050. The van der Waals surface area contributed by atoms with Crippen LogP contribution in [0, 0.1) is 13.8 Å². The molecule has 0 amide bonds. The Labute approximate surface area is 146 Å². The molecule has 4 rings (SSSR count). The molecule has 0 aliphatic rings. The molecular weight excluding hydrogens is 310 g/mol. The molecule has 0 atom stereocenters. The summed E-state index contributed by atoms with van der Waals surface area (Å²) in [7, 11) is 0. The molecule has 4 aromatic rings. The van der Waals surface area contributed by atoms with Gasteiger partial charge in [-0.1, -0.05) is 59.3 Å². The Hall–Kier alpha value is -3.14. The Balaban J connectivity index is 1.91. The van der Waals surface area contributed by atoms with Crippen molar-refractivity contribution in [2.24, 2.45) is 0 Å². The van der Waals surface area contributed by atoms with Crippen LogP contribution in [-0.2, 0) is 6.42 Å². The maximum absolute atomic E-state index is 10.5. The van der Waals surface area contributed by atoms with Gasteiger partial charge in [0.05, 0.1) is 5.52 Å². The summed E-state index contributed by atoms with van der Waals surface area (Å²) >= 11 is 0. The number of hydrogen-bond donors (Lipinski definition) is 2. The molecule has 2 N–H and O–H groups in total. The van der Waals surface area contributed by atoms with Crippen LogP contribution in [0.5, 0.6) is 5.75 Å². The number of benzene rings is 3. The first kappa shape index (κ1) is 15.4. The summed E-state index contributed by atoms with van der Waals surface area (Å²) in [5.74, 6) is 0.366. The highest BCUT2D eigenvalue weighted by molar-refractivity contribution is 5.93. The maximum atomic E-state index is 10.5. The van der Waals surface area contributed by atoms with Gasteiger partial charge >= 0.3 is 0 Å². The molecule has 0 aliphatic carbocycles. The van der Waals surface area contributed by atoms with Crippen LogP contribution in [0.4, 0.5) is 0 Å². The number of phenols is 1. The number of aryl methyl sites for hydroxylation is 2. The SMILES string of the molecule is Cc1cc(C)c(O)c(Cc2ccc3[nH]nnc3c2-c2ccccc2)c1. The first-order valence-electron chi connectivity index (χ1n) is 8.30. The lowest BCUT2D eigenvalue weighted by Gasteiger charge is -2.13. The Morgan fingerprint density at radius 3 is 2.56 bits per heavy atom. The summed E-state index contributed by atoms with van der Waals surface area (Å²) in [5, 5.41) is 21.7. The number of nitrogens with zero attached hydrogens (tertiary/aromatic N) is 2. The zero-order valence-corrected chi connectivity index (χ0v) is 14.2. The molecule has 4 heteroatoms. The summed E-state index contributed by atoms with van der Waals surface area (Å²) in [6.07, 6.45) is 0.640. The minimum atomic E-state index is 0.366. The smallest absolute Gasteiger partial charge is 0.122 e. The fraction of sp³-hybridized carbons (Fsp3) is 0.143. The van der Waals surface area contributed by atoms with Gasteiger partial charge in [0.2, 0.25) is 0 Å². The second-order valence-electron chi connectivity index (χ2n) is 6.44. The van der Waals surface area contributed by atoms with E-state index in [1.165, 1.54) is 0 Å². The van der Waals surface area contributed by atoms with Crippen LogP contribution in [0.2, 0.25) is 0 Å². The lowest BCUT2D eigenvalue weighted by molar-refractivity contribution is 0.465. The van der Waals surface area contributed by atoms with Crippen LogP contribution in [0.3, 0.4) is 0 Å². The molecule has 0 bridgehead atoms. The Kier molecular flexibility index (Phi) is 3.73. The van der Waals surface area contributed by atoms with Crippen molar-refractivity contribution in [2.75, 3.05) is 0 Å². The maximum Gasteiger partial charge on any atom is 0.122 e. The van der Waals surface area contributed by atoms with Crippen molar-refractivity contribution in [2.45, 2.75) is 20.3 Å². The van der Waals surface area contributed by atoms with E-state index < -0.39 is 0 Å². The third-order valence-electron chi connectivity index (χ3n) is 4.55. The third-order valence-corrected chi connectivity index (χ3v) is 4.55. The van der Waals surface area contributed by atoms with Crippen molar-refractivity contribution in [3.05, 3.63) is 76.9 Å². The highest BCUT2D eigenvalue weighted by atomic mass is 16.3. The summed E-state index contributed by atoms with van der Waals surface area (Å²) < 4.78 is 0. The van der Waals surface area contributed by atoms with Crippen molar-refractivity contribution in [3.8, 4) is 16.9 Å². The number of H-pyrrole nitrogens is 1. The van der Waals surface area contributed by atoms with E-state index in [1.54, 1.807) is 0 Å². The number of aromatic hydroxyl groups is 1. The van der Waals surface area contributed by atoms with E-state index in [1.807, 2.05) is 43.3 Å². The number of phenolic OH excluding ortho intramolecular Hbond substituents is 1. The molecular formula is C21H19N3O. The minimum absolute atomic E-state index is 0.366. The van der Waals surface area contributed by atoms with E-state index in [2.05, 4.69) is 40.5 Å². The predicted molar refractivity (Wildman–Crippen MR) is 99.7 cm³/mol. The molecule has 1 aromatic heterocycles. The predicted octanol–water partition coefficient (Wildman–Crippen LogP) is 4.54. The second-order valence-corrected chi connectivity index (χ2v) is 6.44. The monoisotopic (exact) mass is 329 g/mol. The van der Waals surface area contributed by atoms with Gasteiger partial charge in [0.25, 0.3) is 0 Å². The van der Waals surface area contributed by atoms with Gasteiger partial charge in [0.1, 0.15) is 11.3 Å². The van der Waals surface area contributed by atoms with E-state index in [0.717, 1.165) is 44.4 Å². The summed E-state index contributed by atoms with van der Waals surface area (Å²) in [6, 6.07) is 18.3. The molecule has 0 spiro atoms. The van der Waals surface area contributed by atoms with Crippen LogP contribution >= 0.6 is 0 Å². The normalized spacial score (nSPS) is 11.1. The number of rotatable bonds is 3. The third kappa shape index (κ3) is 2.76. The highest BCUT2D eigenvalue weighted by Crippen LogP contribution is 2.34. The zero-order chi connectivity index (χ0) is 17.4. The molecule has 4 nitrogen and oxygen atoms in total. The molecule has 124 valence electrons. The van der Waals surface area contributed by atoms with Gasteiger partial charge < -0.3 is 5.11 Å². The lowest BCUT2D eigenvalue weighted by atomic mass is 9.92. The summed E-state index contributed by atoms with van der Waals surface area (Å²) in [6.45, 7) is 3.99. The van der Waals surface area contributed by atoms with Gasteiger partial charge in [0, 0.05) is 12.0 Å². The average molecular weight is 329 g/mol. The second kappa shape index (κ2) is 6.06. The molecule has 0 unspecified atom stereocenters. The van der Waals surface area contributed by atoms with E-state index >= 15 is 0 Å². The van der Waals surface area contributed by atoms with Crippen LogP contribution < -0.4 is 0 Å². The number of aromatic amines is 1. The Morgan fingerprint density at radius 2 is 1.76 bits per heavy atom. The lowest BCUT2D eigenvalue weighted by Crippen LogP contribution is -1.96. The van der Waals surface area contributed by atoms with Crippen molar-refractivity contribution in [1.82, 2.24) is 15.4 Å². The molecule has 0 saturated heterocycles. The Morgan fingerprint density at radius 1 is 0.960 bits per heavy atom. The minimum Gasteiger partial charge on any atom is -0.507 e. The topological polar surface area (TPSA) is 61.8 Å². The van der Waals surface area contributed by atoms with E-state index in [9.17, 15) is 5.11 Å². The highest BCUT2D eigenvalue weighted by Gasteiger charge is 2.15. The van der Waals surface area contributed by atoms with Crippen LogP contribution in [0.15, 0.2) is 54.6 Å². The van der Waals surface area contributed by atoms with Crippen molar-refractivity contribution >= 4 is 11.0 Å². The van der Waals surface area contributed by atoms with E-state index in [-0.39, 0.29) is 0 Å². The van der Waals surface area contributed by atoms with Gasteiger partial charge in [-0.15, -0.1) is 5.10 Å². The standard InChI is InChI=1S/C21H19N3O/c1-13-10-14(2)21(25)17(11-13)12-16-8-9-18-20(23-24-22-18)19(16)15-6-4-3-5-7-15/h3-11,25H,12H2,1-2H3,(H,22,23,24). The molecule has 0 radical (unpaired) electrons. The molecule has 1 heterocycles. The molecule has 0 aliphatic heterocycles. The first-order chi connectivity index (χ1) is 12.1. The van der Waals surface area contributed by atoms with E-state index in [0.29, 0.717) is 12.2 Å². The molecule has 25 heavy (non-hydrogen) atoms. The van der Waals surface area contributed by atoms with Crippen LogP contribution in [0.1, 0.15) is 22.3 Å². The number of aromatic nitrogens is 3.